The molecule has 0 bridgehead atoms. The van der Waals surface area contributed by atoms with Gasteiger partial charge in [-0.15, -0.1) is 0 Å². The lowest BCUT2D eigenvalue weighted by Gasteiger charge is -2.37. The van der Waals surface area contributed by atoms with Gasteiger partial charge in [-0.05, 0) is 57.4 Å². The summed E-state index contributed by atoms with van der Waals surface area (Å²) in [5.41, 5.74) is 4.54. The topological polar surface area (TPSA) is 12.5 Å². The highest BCUT2D eigenvalue weighted by molar-refractivity contribution is 5.30. The maximum atomic E-state index is 5.24. The van der Waals surface area contributed by atoms with Crippen molar-refractivity contribution in [2.24, 2.45) is 0 Å². The molecule has 0 N–H and O–H groups in total. The smallest absolute Gasteiger partial charge is 0.118 e. The molecule has 2 rings (SSSR count). The van der Waals surface area contributed by atoms with Gasteiger partial charge in [0, 0.05) is 12.6 Å². The molecule has 0 aromatic heterocycles. The molecule has 110 valence electrons. The largest absolute Gasteiger partial charge is 0.497 e. The van der Waals surface area contributed by atoms with E-state index >= 15 is 0 Å². The van der Waals surface area contributed by atoms with Gasteiger partial charge in [-0.2, -0.15) is 0 Å². The summed E-state index contributed by atoms with van der Waals surface area (Å²) in [4.78, 5) is 2.65. The van der Waals surface area contributed by atoms with Crippen LogP contribution in [0.25, 0.3) is 0 Å². The molecule has 0 saturated carbocycles. The van der Waals surface area contributed by atoms with E-state index in [-0.39, 0.29) is 0 Å². The van der Waals surface area contributed by atoms with Crippen LogP contribution in [0.4, 0.5) is 0 Å². The van der Waals surface area contributed by atoms with Crippen molar-refractivity contribution >= 4 is 0 Å². The molecule has 1 heterocycles. The lowest BCUT2D eigenvalue weighted by atomic mass is 9.90. The van der Waals surface area contributed by atoms with Gasteiger partial charge in [-0.1, -0.05) is 30.2 Å². The molecule has 1 aliphatic rings. The molecule has 0 aliphatic carbocycles. The maximum absolute atomic E-state index is 5.24. The number of methoxy groups -OCH3 is 1. The minimum atomic E-state index is 0.567. The van der Waals surface area contributed by atoms with Gasteiger partial charge >= 0.3 is 0 Å². The number of rotatable bonds is 5. The Kier molecular flexibility index (Phi) is 5.24. The van der Waals surface area contributed by atoms with Gasteiger partial charge in [0.2, 0.25) is 0 Å². The van der Waals surface area contributed by atoms with Crippen molar-refractivity contribution in [3.63, 3.8) is 0 Å². The van der Waals surface area contributed by atoms with E-state index in [2.05, 4.69) is 49.9 Å². The first-order chi connectivity index (χ1) is 9.65. The third-order valence-electron chi connectivity index (χ3n) is 4.49. The van der Waals surface area contributed by atoms with Crippen molar-refractivity contribution < 1.29 is 4.74 Å². The Morgan fingerprint density at radius 1 is 1.20 bits per heavy atom. The lowest BCUT2D eigenvalue weighted by molar-refractivity contribution is 0.207. The predicted molar refractivity (Wildman–Crippen MR) is 85.3 cm³/mol. The minimum Gasteiger partial charge on any atom is -0.497 e. The molecular formula is C18H27NO. The van der Waals surface area contributed by atoms with E-state index < -0.39 is 0 Å². The molecule has 0 fully saturated rings. The quantitative estimate of drug-likeness (QED) is 0.750. The lowest BCUT2D eigenvalue weighted by Crippen LogP contribution is -2.42. The van der Waals surface area contributed by atoms with Crippen molar-refractivity contribution in [3.05, 3.63) is 41.0 Å². The highest BCUT2D eigenvalue weighted by atomic mass is 16.5. The summed E-state index contributed by atoms with van der Waals surface area (Å²) in [7, 11) is 1.72. The summed E-state index contributed by atoms with van der Waals surface area (Å²) in [6.07, 6.45) is 3.56. The fraction of sp³-hybridized carbons (Fsp3) is 0.556. The van der Waals surface area contributed by atoms with Crippen LogP contribution in [0.2, 0.25) is 0 Å². The van der Waals surface area contributed by atoms with E-state index in [1.54, 1.807) is 18.3 Å². The van der Waals surface area contributed by atoms with Gasteiger partial charge in [0.05, 0.1) is 7.11 Å². The molecule has 0 spiro atoms. The van der Waals surface area contributed by atoms with Crippen molar-refractivity contribution in [3.8, 4) is 5.75 Å². The molecule has 1 aromatic rings. The second-order valence-corrected chi connectivity index (χ2v) is 5.82. The maximum Gasteiger partial charge on any atom is 0.118 e. The van der Waals surface area contributed by atoms with E-state index in [1.807, 2.05) is 0 Å². The number of ether oxygens (including phenoxy) is 1. The zero-order valence-electron chi connectivity index (χ0n) is 13.3. The van der Waals surface area contributed by atoms with Gasteiger partial charge < -0.3 is 4.74 Å². The highest BCUT2D eigenvalue weighted by Crippen LogP contribution is 2.26. The average molecular weight is 273 g/mol. The summed E-state index contributed by atoms with van der Waals surface area (Å²) >= 11 is 0. The third kappa shape index (κ3) is 3.43. The van der Waals surface area contributed by atoms with Crippen LogP contribution in [-0.2, 0) is 6.42 Å². The van der Waals surface area contributed by atoms with E-state index in [1.165, 1.54) is 31.5 Å². The van der Waals surface area contributed by atoms with Crippen LogP contribution >= 0.6 is 0 Å². The van der Waals surface area contributed by atoms with Crippen molar-refractivity contribution in [1.82, 2.24) is 4.90 Å². The molecule has 2 heteroatoms. The summed E-state index contributed by atoms with van der Waals surface area (Å²) < 4.78 is 5.24. The van der Waals surface area contributed by atoms with E-state index in [9.17, 15) is 0 Å². The fourth-order valence-electron chi connectivity index (χ4n) is 3.04. The number of nitrogens with zero attached hydrogens (tertiary/aromatic N) is 1. The van der Waals surface area contributed by atoms with Crippen LogP contribution in [-0.4, -0.2) is 31.1 Å². The molecule has 20 heavy (non-hydrogen) atoms. The molecule has 1 atom stereocenters. The standard InChI is InChI=1S/C18H27NO/c1-5-11-19-12-10-14(2)15(3)18(19)13-16-6-8-17(20-4)9-7-16/h6-9,18H,5,10-13H2,1-4H3. The second kappa shape index (κ2) is 6.94. The Morgan fingerprint density at radius 2 is 1.90 bits per heavy atom. The molecule has 1 aromatic carbocycles. The highest BCUT2D eigenvalue weighted by Gasteiger charge is 2.25. The van der Waals surface area contributed by atoms with Gasteiger partial charge in [0.1, 0.15) is 5.75 Å². The van der Waals surface area contributed by atoms with Crippen molar-refractivity contribution in [2.75, 3.05) is 20.2 Å². The Hall–Kier alpha value is -1.28. The Bertz CT molecular complexity index is 461. The monoisotopic (exact) mass is 273 g/mol. The fourth-order valence-corrected chi connectivity index (χ4v) is 3.04. The minimum absolute atomic E-state index is 0.567. The Morgan fingerprint density at radius 3 is 2.50 bits per heavy atom. The van der Waals surface area contributed by atoms with Gasteiger partial charge in [-0.25, -0.2) is 0 Å². The molecule has 0 radical (unpaired) electrons. The van der Waals surface area contributed by atoms with Crippen LogP contribution in [0, 0.1) is 0 Å². The normalized spacial score (nSPS) is 20.3. The number of benzene rings is 1. The van der Waals surface area contributed by atoms with E-state index in [0.717, 1.165) is 12.2 Å². The summed E-state index contributed by atoms with van der Waals surface area (Å²) in [5.74, 6) is 0.936. The zero-order valence-corrected chi connectivity index (χ0v) is 13.3. The molecule has 1 aliphatic heterocycles. The molecule has 1 unspecified atom stereocenters. The van der Waals surface area contributed by atoms with Gasteiger partial charge in [-0.3, -0.25) is 4.90 Å². The van der Waals surface area contributed by atoms with E-state index in [0.29, 0.717) is 6.04 Å². The molecule has 0 saturated heterocycles. The van der Waals surface area contributed by atoms with Crippen LogP contribution in [0.3, 0.4) is 0 Å². The van der Waals surface area contributed by atoms with Crippen molar-refractivity contribution in [2.45, 2.75) is 46.1 Å². The Balaban J connectivity index is 2.15. The zero-order chi connectivity index (χ0) is 14.5. The van der Waals surface area contributed by atoms with Crippen LogP contribution < -0.4 is 4.74 Å². The van der Waals surface area contributed by atoms with Crippen LogP contribution in [0.5, 0.6) is 5.75 Å². The van der Waals surface area contributed by atoms with Crippen molar-refractivity contribution in [1.29, 1.82) is 0 Å². The third-order valence-corrected chi connectivity index (χ3v) is 4.49. The first kappa shape index (κ1) is 15.1. The molecule has 2 nitrogen and oxygen atoms in total. The summed E-state index contributed by atoms with van der Waals surface area (Å²) in [6.45, 7) is 9.28. The number of hydrogen-bond donors (Lipinski definition) is 0. The second-order valence-electron chi connectivity index (χ2n) is 5.82. The predicted octanol–water partition coefficient (Wildman–Crippen LogP) is 4.06. The SMILES string of the molecule is CCCN1CCC(C)=C(C)C1Cc1ccc(OC)cc1. The van der Waals surface area contributed by atoms with Gasteiger partial charge in [0.15, 0.2) is 0 Å². The molecular weight excluding hydrogens is 246 g/mol. The van der Waals surface area contributed by atoms with Gasteiger partial charge in [0.25, 0.3) is 0 Å². The van der Waals surface area contributed by atoms with Crippen LogP contribution in [0.15, 0.2) is 35.4 Å². The molecule has 0 amide bonds. The van der Waals surface area contributed by atoms with Crippen LogP contribution in [0.1, 0.15) is 39.2 Å². The average Bonchev–Trinajstić information content (AvgIpc) is 2.47. The summed E-state index contributed by atoms with van der Waals surface area (Å²) in [6, 6.07) is 9.08. The van der Waals surface area contributed by atoms with E-state index in [4.69, 9.17) is 4.74 Å². The number of hydrogen-bond acceptors (Lipinski definition) is 2. The summed E-state index contributed by atoms with van der Waals surface area (Å²) in [5, 5.41) is 0. The Labute approximate surface area is 123 Å². The first-order valence-electron chi connectivity index (χ1n) is 7.69. The first-order valence-corrected chi connectivity index (χ1v) is 7.69.